The number of nitrogens with zero attached hydrogens (tertiary/aromatic N) is 4. The summed E-state index contributed by atoms with van der Waals surface area (Å²) in [5.41, 5.74) is 1.73. The fourth-order valence-electron chi connectivity index (χ4n) is 2.35. The van der Waals surface area contributed by atoms with E-state index in [0.717, 1.165) is 29.6 Å². The Kier molecular flexibility index (Phi) is 7.03. The summed E-state index contributed by atoms with van der Waals surface area (Å²) in [6.07, 6.45) is 0.932. The van der Waals surface area contributed by atoms with Crippen LogP contribution in [-0.2, 0) is 4.79 Å². The van der Waals surface area contributed by atoms with Crippen LogP contribution in [0.15, 0.2) is 29.3 Å². The molecular weight excluding hydrogens is 328 g/mol. The summed E-state index contributed by atoms with van der Waals surface area (Å²) in [5, 5.41) is 7.26. The second-order valence-corrected chi connectivity index (χ2v) is 6.81. The molecule has 0 fully saturated rings. The lowest BCUT2D eigenvalue weighted by molar-refractivity contribution is -0.120. The van der Waals surface area contributed by atoms with Gasteiger partial charge in [0, 0.05) is 17.8 Å². The maximum atomic E-state index is 12.0. The number of guanidine groups is 1. The van der Waals surface area contributed by atoms with Gasteiger partial charge in [-0.15, -0.1) is 0 Å². The first-order chi connectivity index (χ1) is 12.4. The maximum Gasteiger partial charge on any atom is 0.251 e. The van der Waals surface area contributed by atoms with Gasteiger partial charge in [-0.1, -0.05) is 32.0 Å². The predicted octanol–water partition coefficient (Wildman–Crippen LogP) is 2.43. The minimum atomic E-state index is -0.190. The molecule has 0 bridgehead atoms. The standard InChI is InChI=1S/C19H28N6O/c1-13(2)17(26)23-18(20-11-8-12-25(4)5)24-19-21-14(3)15-9-6-7-10-16(15)22-19/h6-7,9-10,13H,8,11-12H2,1-5H3,(H2,20,21,22,23,24,26). The van der Waals surface area contributed by atoms with Gasteiger partial charge in [-0.25, -0.2) is 9.97 Å². The molecule has 0 unspecified atom stereocenters. The third-order valence-electron chi connectivity index (χ3n) is 3.81. The number of anilines is 1. The molecule has 1 amide bonds. The fraction of sp³-hybridized carbons (Fsp3) is 0.474. The van der Waals surface area contributed by atoms with Crippen molar-refractivity contribution in [3.05, 3.63) is 30.0 Å². The molecule has 0 radical (unpaired) electrons. The number of nitrogens with one attached hydrogen (secondary N) is 2. The average Bonchev–Trinajstić information content (AvgIpc) is 2.58. The van der Waals surface area contributed by atoms with Gasteiger partial charge < -0.3 is 10.2 Å². The smallest absolute Gasteiger partial charge is 0.251 e. The van der Waals surface area contributed by atoms with Crippen molar-refractivity contribution in [2.24, 2.45) is 10.9 Å². The molecule has 1 heterocycles. The molecule has 0 saturated carbocycles. The Morgan fingerprint density at radius 3 is 2.65 bits per heavy atom. The Balaban J connectivity index is 2.18. The minimum absolute atomic E-state index is 0.172. The van der Waals surface area contributed by atoms with E-state index in [2.05, 4.69) is 30.5 Å². The Morgan fingerprint density at radius 1 is 1.23 bits per heavy atom. The molecule has 2 N–H and O–H groups in total. The van der Waals surface area contributed by atoms with Crippen LogP contribution < -0.4 is 10.6 Å². The highest BCUT2D eigenvalue weighted by Crippen LogP contribution is 2.16. The van der Waals surface area contributed by atoms with Gasteiger partial charge in [-0.2, -0.15) is 4.99 Å². The number of aryl methyl sites for hydroxylation is 1. The number of hydrogen-bond acceptors (Lipinski definition) is 4. The maximum absolute atomic E-state index is 12.0. The van der Waals surface area contributed by atoms with Gasteiger partial charge in [0.05, 0.1) is 11.2 Å². The van der Waals surface area contributed by atoms with Gasteiger partial charge >= 0.3 is 0 Å². The molecular formula is C19H28N6O. The zero-order chi connectivity index (χ0) is 19.1. The van der Waals surface area contributed by atoms with Crippen molar-refractivity contribution < 1.29 is 4.79 Å². The predicted molar refractivity (Wildman–Crippen MR) is 106 cm³/mol. The molecule has 2 aromatic rings. The third-order valence-corrected chi connectivity index (χ3v) is 3.81. The van der Waals surface area contributed by atoms with E-state index in [1.165, 1.54) is 0 Å². The van der Waals surface area contributed by atoms with Crippen LogP contribution in [0.4, 0.5) is 5.95 Å². The number of rotatable bonds is 6. The third kappa shape index (κ3) is 5.77. The molecule has 0 aliphatic carbocycles. The number of para-hydroxylation sites is 1. The van der Waals surface area contributed by atoms with Crippen LogP contribution in [-0.4, -0.2) is 53.9 Å². The van der Waals surface area contributed by atoms with E-state index in [9.17, 15) is 4.79 Å². The van der Waals surface area contributed by atoms with Crippen molar-refractivity contribution in [2.45, 2.75) is 27.2 Å². The van der Waals surface area contributed by atoms with Crippen LogP contribution in [0.3, 0.4) is 0 Å². The Bertz CT molecular complexity index is 785. The van der Waals surface area contributed by atoms with Crippen molar-refractivity contribution in [1.29, 1.82) is 0 Å². The summed E-state index contributed by atoms with van der Waals surface area (Å²) < 4.78 is 0. The monoisotopic (exact) mass is 356 g/mol. The van der Waals surface area contributed by atoms with Gasteiger partial charge in [0.25, 0.3) is 5.91 Å². The average molecular weight is 356 g/mol. The van der Waals surface area contributed by atoms with Gasteiger partial charge in [0.15, 0.2) is 0 Å². The quantitative estimate of drug-likeness (QED) is 0.470. The number of fused-ring (bicyclic) bond motifs is 1. The molecule has 2 rings (SSSR count). The van der Waals surface area contributed by atoms with Crippen molar-refractivity contribution in [3.8, 4) is 0 Å². The second kappa shape index (κ2) is 9.24. The van der Waals surface area contributed by atoms with Gasteiger partial charge in [0.1, 0.15) is 0 Å². The van der Waals surface area contributed by atoms with E-state index in [1.54, 1.807) is 0 Å². The van der Waals surface area contributed by atoms with Gasteiger partial charge in [-0.3, -0.25) is 10.1 Å². The molecule has 0 saturated heterocycles. The van der Waals surface area contributed by atoms with Crippen molar-refractivity contribution in [2.75, 3.05) is 32.5 Å². The van der Waals surface area contributed by atoms with Gasteiger partial charge in [-0.05, 0) is 40.1 Å². The molecule has 0 spiro atoms. The van der Waals surface area contributed by atoms with Crippen LogP contribution in [0.1, 0.15) is 26.0 Å². The number of hydrogen-bond donors (Lipinski definition) is 2. The largest absolute Gasteiger partial charge is 0.356 e. The Morgan fingerprint density at radius 2 is 1.96 bits per heavy atom. The van der Waals surface area contributed by atoms with Crippen LogP contribution >= 0.6 is 0 Å². The lowest BCUT2D eigenvalue weighted by Gasteiger charge is -2.14. The molecule has 140 valence electrons. The summed E-state index contributed by atoms with van der Waals surface area (Å²) in [5.74, 6) is 0.452. The molecule has 7 nitrogen and oxygen atoms in total. The first kappa shape index (κ1) is 19.8. The number of amides is 1. The fourth-order valence-corrected chi connectivity index (χ4v) is 2.35. The van der Waals surface area contributed by atoms with E-state index in [1.807, 2.05) is 59.1 Å². The first-order valence-corrected chi connectivity index (χ1v) is 8.88. The SMILES string of the molecule is Cc1nc(N/C(=N/C(=O)C(C)C)NCCCN(C)C)nc2ccccc12. The Labute approximate surface area is 154 Å². The molecule has 0 atom stereocenters. The summed E-state index contributed by atoms with van der Waals surface area (Å²) in [4.78, 5) is 27.3. The van der Waals surface area contributed by atoms with Crippen LogP contribution in [0.5, 0.6) is 0 Å². The number of aromatic nitrogens is 2. The lowest BCUT2D eigenvalue weighted by Crippen LogP contribution is -2.34. The van der Waals surface area contributed by atoms with Crippen LogP contribution in [0.25, 0.3) is 10.9 Å². The van der Waals surface area contributed by atoms with Crippen LogP contribution in [0, 0.1) is 12.8 Å². The normalized spacial score (nSPS) is 12.0. The first-order valence-electron chi connectivity index (χ1n) is 8.88. The van der Waals surface area contributed by atoms with Crippen LogP contribution in [0.2, 0.25) is 0 Å². The Hall–Kier alpha value is -2.54. The highest BCUT2D eigenvalue weighted by atomic mass is 16.1. The molecule has 1 aromatic carbocycles. The zero-order valence-electron chi connectivity index (χ0n) is 16.2. The van der Waals surface area contributed by atoms with Crippen molar-refractivity contribution in [1.82, 2.24) is 20.2 Å². The van der Waals surface area contributed by atoms with E-state index in [-0.39, 0.29) is 11.8 Å². The zero-order valence-corrected chi connectivity index (χ0v) is 16.2. The summed E-state index contributed by atoms with van der Waals surface area (Å²) in [6.45, 7) is 7.24. The molecule has 7 heteroatoms. The number of carbonyl (C=O) groups excluding carboxylic acids is 1. The van der Waals surface area contributed by atoms with Crippen molar-refractivity contribution >= 4 is 28.7 Å². The van der Waals surface area contributed by atoms with Gasteiger partial charge in [0.2, 0.25) is 11.9 Å². The second-order valence-electron chi connectivity index (χ2n) is 6.81. The summed E-state index contributed by atoms with van der Waals surface area (Å²) in [6, 6.07) is 7.84. The summed E-state index contributed by atoms with van der Waals surface area (Å²) in [7, 11) is 4.06. The van der Waals surface area contributed by atoms with Crippen molar-refractivity contribution in [3.63, 3.8) is 0 Å². The van der Waals surface area contributed by atoms with E-state index in [4.69, 9.17) is 0 Å². The van der Waals surface area contributed by atoms with E-state index < -0.39 is 0 Å². The lowest BCUT2D eigenvalue weighted by atomic mass is 10.2. The molecule has 26 heavy (non-hydrogen) atoms. The number of benzene rings is 1. The highest BCUT2D eigenvalue weighted by molar-refractivity contribution is 6.01. The number of aliphatic imine (C=N–C) groups is 1. The van der Waals surface area contributed by atoms with E-state index in [0.29, 0.717) is 18.5 Å². The molecule has 0 aliphatic rings. The molecule has 0 aliphatic heterocycles. The molecule has 1 aromatic heterocycles. The number of carbonyl (C=O) groups is 1. The minimum Gasteiger partial charge on any atom is -0.356 e. The summed E-state index contributed by atoms with van der Waals surface area (Å²) >= 11 is 0. The highest BCUT2D eigenvalue weighted by Gasteiger charge is 2.11. The topological polar surface area (TPSA) is 82.5 Å². The van der Waals surface area contributed by atoms with E-state index >= 15 is 0 Å².